The van der Waals surface area contributed by atoms with Gasteiger partial charge < -0.3 is 10.4 Å². The molecule has 110 valence electrons. The predicted octanol–water partition coefficient (Wildman–Crippen LogP) is 1.01. The Morgan fingerprint density at radius 2 is 2.20 bits per heavy atom. The largest absolute Gasteiger partial charge is 0.480 e. The highest BCUT2D eigenvalue weighted by Crippen LogP contribution is 2.19. The molecule has 1 amide bonds. The molecule has 0 spiro atoms. The van der Waals surface area contributed by atoms with E-state index in [0.717, 1.165) is 19.3 Å². The molecule has 0 aliphatic heterocycles. The molecule has 0 atom stereocenters. The van der Waals surface area contributed by atoms with Crippen molar-refractivity contribution in [1.29, 1.82) is 0 Å². The minimum Gasteiger partial charge on any atom is -0.480 e. The third-order valence-electron chi connectivity index (χ3n) is 3.19. The zero-order valence-electron chi connectivity index (χ0n) is 11.7. The van der Waals surface area contributed by atoms with Crippen molar-refractivity contribution in [3.8, 4) is 12.3 Å². The van der Waals surface area contributed by atoms with Crippen molar-refractivity contribution in [2.24, 2.45) is 0 Å². The Hall–Kier alpha value is -1.80. The normalized spacial score (nSPS) is 14.5. The Kier molecular flexibility index (Phi) is 7.44. The second-order valence-corrected chi connectivity index (χ2v) is 4.95. The van der Waals surface area contributed by atoms with Crippen molar-refractivity contribution in [1.82, 2.24) is 10.2 Å². The van der Waals surface area contributed by atoms with Crippen LogP contribution in [-0.4, -0.2) is 48.1 Å². The minimum absolute atomic E-state index is 0.0234. The molecule has 0 fully saturated rings. The maximum absolute atomic E-state index is 11.7. The number of carbonyl (C=O) groups excluding carboxylic acids is 1. The van der Waals surface area contributed by atoms with Crippen molar-refractivity contribution in [3.05, 3.63) is 11.6 Å². The molecule has 0 heterocycles. The van der Waals surface area contributed by atoms with Crippen molar-refractivity contribution >= 4 is 11.9 Å². The van der Waals surface area contributed by atoms with E-state index < -0.39 is 5.97 Å². The van der Waals surface area contributed by atoms with Crippen LogP contribution in [0.25, 0.3) is 0 Å². The van der Waals surface area contributed by atoms with Crippen molar-refractivity contribution in [2.45, 2.75) is 32.1 Å². The van der Waals surface area contributed by atoms with E-state index in [-0.39, 0.29) is 25.5 Å². The number of aliphatic carboxylic acids is 1. The molecule has 0 aromatic heterocycles. The lowest BCUT2D eigenvalue weighted by Gasteiger charge is -2.17. The Morgan fingerprint density at radius 1 is 1.40 bits per heavy atom. The number of terminal acetylenes is 1. The van der Waals surface area contributed by atoms with Gasteiger partial charge in [0.1, 0.15) is 0 Å². The van der Waals surface area contributed by atoms with Gasteiger partial charge in [0.05, 0.1) is 19.6 Å². The number of nitrogens with zero attached hydrogens (tertiary/aromatic N) is 1. The first-order chi connectivity index (χ1) is 9.61. The summed E-state index contributed by atoms with van der Waals surface area (Å²) in [5.41, 5.74) is 1.41. The molecule has 5 heteroatoms. The number of amides is 1. The molecule has 0 bridgehead atoms. The quantitative estimate of drug-likeness (QED) is 0.513. The fraction of sp³-hybridized carbons (Fsp3) is 0.600. The first-order valence-electron chi connectivity index (χ1n) is 6.94. The van der Waals surface area contributed by atoms with E-state index in [2.05, 4.69) is 17.3 Å². The summed E-state index contributed by atoms with van der Waals surface area (Å²) < 4.78 is 0. The number of rotatable bonds is 8. The molecular weight excluding hydrogens is 256 g/mol. The molecule has 2 N–H and O–H groups in total. The lowest BCUT2D eigenvalue weighted by atomic mass is 9.97. The van der Waals surface area contributed by atoms with E-state index in [1.165, 1.54) is 23.3 Å². The highest BCUT2D eigenvalue weighted by molar-refractivity contribution is 5.79. The van der Waals surface area contributed by atoms with Gasteiger partial charge >= 0.3 is 5.97 Å². The van der Waals surface area contributed by atoms with Crippen LogP contribution in [0.2, 0.25) is 0 Å². The van der Waals surface area contributed by atoms with E-state index >= 15 is 0 Å². The summed E-state index contributed by atoms with van der Waals surface area (Å²) >= 11 is 0. The molecule has 0 saturated heterocycles. The highest BCUT2D eigenvalue weighted by atomic mass is 16.4. The van der Waals surface area contributed by atoms with Gasteiger partial charge in [0.15, 0.2) is 0 Å². The van der Waals surface area contributed by atoms with Gasteiger partial charge in [0, 0.05) is 6.54 Å². The van der Waals surface area contributed by atoms with E-state index in [1.54, 1.807) is 0 Å². The van der Waals surface area contributed by atoms with Gasteiger partial charge in [-0.1, -0.05) is 17.6 Å². The molecule has 0 aromatic carbocycles. The highest BCUT2D eigenvalue weighted by Gasteiger charge is 2.13. The van der Waals surface area contributed by atoms with Crippen molar-refractivity contribution in [3.63, 3.8) is 0 Å². The average molecular weight is 278 g/mol. The standard InChI is InChI=1S/C15H22N2O3/c1-2-10-17(12-15(19)20)11-14(18)16-9-8-13-6-4-3-5-7-13/h1,6H,3-5,7-12H2,(H,16,18)(H,19,20). The van der Waals surface area contributed by atoms with Crippen molar-refractivity contribution in [2.75, 3.05) is 26.2 Å². The van der Waals surface area contributed by atoms with E-state index in [0.29, 0.717) is 6.54 Å². The number of carbonyl (C=O) groups is 2. The van der Waals surface area contributed by atoms with Crippen LogP contribution in [0.3, 0.4) is 0 Å². The predicted molar refractivity (Wildman–Crippen MR) is 77.1 cm³/mol. The van der Waals surface area contributed by atoms with Crippen LogP contribution in [-0.2, 0) is 9.59 Å². The molecule has 1 aliphatic carbocycles. The third-order valence-corrected chi connectivity index (χ3v) is 3.19. The zero-order chi connectivity index (χ0) is 14.8. The lowest BCUT2D eigenvalue weighted by molar-refractivity contribution is -0.138. The van der Waals surface area contributed by atoms with Gasteiger partial charge in [0.25, 0.3) is 0 Å². The SMILES string of the molecule is C#CCN(CC(=O)O)CC(=O)NCCC1=CCCCC1. The molecule has 0 saturated carbocycles. The van der Waals surface area contributed by atoms with Crippen molar-refractivity contribution < 1.29 is 14.7 Å². The Morgan fingerprint density at radius 3 is 2.80 bits per heavy atom. The zero-order valence-corrected chi connectivity index (χ0v) is 11.7. The third kappa shape index (κ3) is 6.95. The van der Waals surface area contributed by atoms with Gasteiger partial charge in [-0.3, -0.25) is 14.5 Å². The van der Waals surface area contributed by atoms with Crippen LogP contribution in [0, 0.1) is 12.3 Å². The summed E-state index contributed by atoms with van der Waals surface area (Å²) in [6.07, 6.45) is 13.0. The van der Waals surface area contributed by atoms with Crippen LogP contribution in [0.4, 0.5) is 0 Å². The fourth-order valence-corrected chi connectivity index (χ4v) is 2.24. The second kappa shape index (κ2) is 9.16. The van der Waals surface area contributed by atoms with E-state index in [9.17, 15) is 9.59 Å². The summed E-state index contributed by atoms with van der Waals surface area (Å²) in [5.74, 6) is 1.19. The summed E-state index contributed by atoms with van der Waals surface area (Å²) in [5, 5.41) is 11.5. The molecule has 1 rings (SSSR count). The van der Waals surface area contributed by atoms with Gasteiger partial charge in [-0.25, -0.2) is 0 Å². The number of allylic oxidation sites excluding steroid dienone is 1. The van der Waals surface area contributed by atoms with Gasteiger partial charge in [-0.05, 0) is 32.1 Å². The van der Waals surface area contributed by atoms with Crippen LogP contribution in [0.1, 0.15) is 32.1 Å². The molecule has 5 nitrogen and oxygen atoms in total. The minimum atomic E-state index is -0.986. The Balaban J connectivity index is 2.25. The first-order valence-corrected chi connectivity index (χ1v) is 6.94. The van der Waals surface area contributed by atoms with Gasteiger partial charge in [-0.15, -0.1) is 6.42 Å². The molecule has 1 aliphatic rings. The van der Waals surface area contributed by atoms with Crippen LogP contribution < -0.4 is 5.32 Å². The maximum atomic E-state index is 11.7. The number of hydrogen-bond acceptors (Lipinski definition) is 3. The van der Waals surface area contributed by atoms with Gasteiger partial charge in [0.2, 0.25) is 5.91 Å². The smallest absolute Gasteiger partial charge is 0.317 e. The average Bonchev–Trinajstić information content (AvgIpc) is 2.39. The Labute approximate surface area is 120 Å². The summed E-state index contributed by atoms with van der Waals surface area (Å²) in [6, 6.07) is 0. The number of hydrogen-bond donors (Lipinski definition) is 2. The lowest BCUT2D eigenvalue weighted by Crippen LogP contribution is -2.40. The fourth-order valence-electron chi connectivity index (χ4n) is 2.24. The Bertz CT molecular complexity index is 410. The van der Waals surface area contributed by atoms with E-state index in [4.69, 9.17) is 11.5 Å². The summed E-state index contributed by atoms with van der Waals surface area (Å²) in [4.78, 5) is 23.8. The molecular formula is C15H22N2O3. The van der Waals surface area contributed by atoms with Gasteiger partial charge in [-0.2, -0.15) is 0 Å². The van der Waals surface area contributed by atoms with E-state index in [1.807, 2.05) is 0 Å². The van der Waals surface area contributed by atoms with Crippen LogP contribution >= 0.6 is 0 Å². The number of carboxylic acid groups (broad SMARTS) is 1. The summed E-state index contributed by atoms with van der Waals surface area (Å²) in [7, 11) is 0. The monoisotopic (exact) mass is 278 g/mol. The second-order valence-electron chi connectivity index (χ2n) is 4.95. The maximum Gasteiger partial charge on any atom is 0.317 e. The first kappa shape index (κ1) is 16.3. The molecule has 20 heavy (non-hydrogen) atoms. The summed E-state index contributed by atoms with van der Waals surface area (Å²) in [6.45, 7) is 0.560. The van der Waals surface area contributed by atoms with Crippen LogP contribution in [0.5, 0.6) is 0 Å². The number of nitrogens with one attached hydrogen (secondary N) is 1. The number of carboxylic acids is 1. The molecule has 0 radical (unpaired) electrons. The van der Waals surface area contributed by atoms with Crippen LogP contribution in [0.15, 0.2) is 11.6 Å². The molecule has 0 aromatic rings. The molecule has 0 unspecified atom stereocenters. The topological polar surface area (TPSA) is 69.6 Å².